The maximum atomic E-state index is 12.0. The predicted octanol–water partition coefficient (Wildman–Crippen LogP) is 3.03. The molecule has 8 nitrogen and oxygen atoms in total. The first-order valence-electron chi connectivity index (χ1n) is 9.46. The minimum absolute atomic E-state index is 0. The van der Waals surface area contributed by atoms with Crippen LogP contribution in [0.2, 0.25) is 0 Å². The lowest BCUT2D eigenvalue weighted by molar-refractivity contribution is 0.0498. The molecule has 1 amide bonds. The normalized spacial score (nSPS) is 15.0. The standard InChI is InChI=1S/C20H32N4O4.HI/c1-20(2,3)28-19(25)24-15(14-7-8-14)12-23-18(21)22-11-13-6-9-16(26-4)17(10-13)27-5;/h6,9-10,14-15H,7-8,11-12H2,1-5H3,(H,24,25)(H3,21,22,23);1H. The topological polar surface area (TPSA) is 107 Å². The Morgan fingerprint density at radius 3 is 2.45 bits per heavy atom. The summed E-state index contributed by atoms with van der Waals surface area (Å²) in [6, 6.07) is 5.58. The Balaban J connectivity index is 0.00000420. The highest BCUT2D eigenvalue weighted by atomic mass is 127. The lowest BCUT2D eigenvalue weighted by atomic mass is 10.2. The molecule has 0 aliphatic heterocycles. The molecule has 1 aliphatic carbocycles. The van der Waals surface area contributed by atoms with Gasteiger partial charge < -0.3 is 30.6 Å². The number of halogens is 1. The summed E-state index contributed by atoms with van der Waals surface area (Å²) in [6.45, 7) is 6.44. The maximum Gasteiger partial charge on any atom is 0.407 e. The van der Waals surface area contributed by atoms with Gasteiger partial charge in [0.15, 0.2) is 17.5 Å². The van der Waals surface area contributed by atoms with Crippen LogP contribution in [0.3, 0.4) is 0 Å². The molecule has 1 fully saturated rings. The second kappa shape index (κ2) is 11.3. The lowest BCUT2D eigenvalue weighted by Gasteiger charge is -2.24. The largest absolute Gasteiger partial charge is 0.493 e. The van der Waals surface area contributed by atoms with Crippen molar-refractivity contribution in [1.29, 1.82) is 0 Å². The number of nitrogens with two attached hydrogens (primary N) is 1. The van der Waals surface area contributed by atoms with Gasteiger partial charge >= 0.3 is 6.09 Å². The highest BCUT2D eigenvalue weighted by Gasteiger charge is 2.33. The number of hydrogen-bond donors (Lipinski definition) is 3. The van der Waals surface area contributed by atoms with Crippen LogP contribution in [0.4, 0.5) is 4.79 Å². The number of nitrogens with one attached hydrogen (secondary N) is 2. The van der Waals surface area contributed by atoms with E-state index in [9.17, 15) is 4.79 Å². The summed E-state index contributed by atoms with van der Waals surface area (Å²) in [4.78, 5) is 16.4. The Hall–Kier alpha value is -1.91. The average Bonchev–Trinajstić information content (AvgIpc) is 3.46. The van der Waals surface area contributed by atoms with Gasteiger partial charge in [0.05, 0.1) is 26.8 Å². The molecule has 1 atom stereocenters. The van der Waals surface area contributed by atoms with Crippen molar-refractivity contribution in [3.63, 3.8) is 0 Å². The van der Waals surface area contributed by atoms with Gasteiger partial charge in [0.2, 0.25) is 0 Å². The number of aliphatic imine (C=N–C) groups is 1. The summed E-state index contributed by atoms with van der Waals surface area (Å²) < 4.78 is 15.9. The van der Waals surface area contributed by atoms with Crippen molar-refractivity contribution in [2.45, 2.75) is 51.8 Å². The summed E-state index contributed by atoms with van der Waals surface area (Å²) in [5.74, 6) is 2.09. The van der Waals surface area contributed by atoms with E-state index in [0.29, 0.717) is 36.5 Å². The van der Waals surface area contributed by atoms with Gasteiger partial charge in [-0.3, -0.25) is 0 Å². The van der Waals surface area contributed by atoms with Crippen LogP contribution >= 0.6 is 24.0 Å². The third-order valence-corrected chi connectivity index (χ3v) is 4.28. The first kappa shape index (κ1) is 25.1. The number of alkyl carbamates (subject to hydrolysis) is 1. The maximum absolute atomic E-state index is 12.0. The highest BCUT2D eigenvalue weighted by molar-refractivity contribution is 14.0. The second-order valence-electron chi connectivity index (χ2n) is 7.86. The monoisotopic (exact) mass is 520 g/mol. The first-order valence-corrected chi connectivity index (χ1v) is 9.46. The molecular weight excluding hydrogens is 487 g/mol. The van der Waals surface area contributed by atoms with Gasteiger partial charge in [0.1, 0.15) is 5.60 Å². The number of carbonyl (C=O) groups excluding carboxylic acids is 1. The summed E-state index contributed by atoms with van der Waals surface area (Å²) in [7, 11) is 3.19. The van der Waals surface area contributed by atoms with Crippen LogP contribution in [0.15, 0.2) is 23.2 Å². The molecule has 1 aliphatic rings. The van der Waals surface area contributed by atoms with Gasteiger partial charge in [0.25, 0.3) is 0 Å². The van der Waals surface area contributed by atoms with Crippen LogP contribution in [0.25, 0.3) is 0 Å². The molecule has 0 heterocycles. The summed E-state index contributed by atoms with van der Waals surface area (Å²) in [6.07, 6.45) is 1.77. The third kappa shape index (κ3) is 8.97. The van der Waals surface area contributed by atoms with Crippen LogP contribution < -0.4 is 25.8 Å². The molecule has 0 bridgehead atoms. The Morgan fingerprint density at radius 1 is 1.24 bits per heavy atom. The van der Waals surface area contributed by atoms with Crippen molar-refractivity contribution in [2.75, 3.05) is 20.8 Å². The van der Waals surface area contributed by atoms with Crippen LogP contribution in [0, 0.1) is 5.92 Å². The zero-order valence-corrected chi connectivity index (χ0v) is 20.1. The average molecular weight is 520 g/mol. The fourth-order valence-corrected chi connectivity index (χ4v) is 2.72. The van der Waals surface area contributed by atoms with Gasteiger partial charge in [-0.2, -0.15) is 0 Å². The van der Waals surface area contributed by atoms with Crippen molar-refractivity contribution in [2.24, 2.45) is 16.6 Å². The number of benzene rings is 1. The molecule has 1 aromatic carbocycles. The molecule has 164 valence electrons. The molecule has 0 aromatic heterocycles. The van der Waals surface area contributed by atoms with E-state index in [1.54, 1.807) is 14.2 Å². The van der Waals surface area contributed by atoms with E-state index < -0.39 is 11.7 Å². The van der Waals surface area contributed by atoms with E-state index in [-0.39, 0.29) is 30.0 Å². The highest BCUT2D eigenvalue weighted by Crippen LogP contribution is 2.32. The number of nitrogens with zero attached hydrogens (tertiary/aromatic N) is 1. The first-order chi connectivity index (χ1) is 13.2. The van der Waals surface area contributed by atoms with Crippen LogP contribution in [0.5, 0.6) is 11.5 Å². The minimum atomic E-state index is -0.522. The molecule has 29 heavy (non-hydrogen) atoms. The SMILES string of the molecule is COc1ccc(CN=C(N)NCC(NC(=O)OC(C)(C)C)C2CC2)cc1OC.I. The molecule has 0 saturated heterocycles. The quantitative estimate of drug-likeness (QED) is 0.277. The molecule has 1 unspecified atom stereocenters. The summed E-state index contributed by atoms with van der Waals surface area (Å²) >= 11 is 0. The van der Waals surface area contributed by atoms with Crippen LogP contribution in [-0.4, -0.2) is 44.5 Å². The van der Waals surface area contributed by atoms with Gasteiger partial charge in [-0.05, 0) is 57.2 Å². The number of methoxy groups -OCH3 is 2. The van der Waals surface area contributed by atoms with Gasteiger partial charge in [0, 0.05) is 6.54 Å². The summed E-state index contributed by atoms with van der Waals surface area (Å²) in [5, 5.41) is 6.02. The lowest BCUT2D eigenvalue weighted by Crippen LogP contribution is -2.48. The van der Waals surface area contributed by atoms with Gasteiger partial charge in [-0.1, -0.05) is 6.07 Å². The molecule has 4 N–H and O–H groups in total. The minimum Gasteiger partial charge on any atom is -0.493 e. The number of rotatable bonds is 8. The molecule has 1 aromatic rings. The smallest absolute Gasteiger partial charge is 0.407 e. The zero-order chi connectivity index (χ0) is 20.7. The molecule has 0 radical (unpaired) electrons. The Morgan fingerprint density at radius 2 is 1.90 bits per heavy atom. The van der Waals surface area contributed by atoms with Crippen molar-refractivity contribution in [1.82, 2.24) is 10.6 Å². The van der Waals surface area contributed by atoms with Crippen LogP contribution in [-0.2, 0) is 11.3 Å². The van der Waals surface area contributed by atoms with Crippen molar-refractivity contribution in [3.05, 3.63) is 23.8 Å². The third-order valence-electron chi connectivity index (χ3n) is 4.28. The molecule has 2 rings (SSSR count). The van der Waals surface area contributed by atoms with E-state index in [1.165, 1.54) is 0 Å². The Labute approximate surface area is 190 Å². The number of guanidine groups is 1. The molecule has 9 heteroatoms. The van der Waals surface area contributed by atoms with Crippen molar-refractivity contribution < 1.29 is 19.0 Å². The Kier molecular flexibility index (Phi) is 9.81. The van der Waals surface area contributed by atoms with Gasteiger partial charge in [-0.15, -0.1) is 24.0 Å². The van der Waals surface area contributed by atoms with E-state index in [1.807, 2.05) is 39.0 Å². The van der Waals surface area contributed by atoms with E-state index in [0.717, 1.165) is 18.4 Å². The second-order valence-corrected chi connectivity index (χ2v) is 7.86. The molecular formula is C20H33IN4O4. The number of carbonyl (C=O) groups is 1. The molecule has 1 saturated carbocycles. The van der Waals surface area contributed by atoms with E-state index in [2.05, 4.69) is 15.6 Å². The fourth-order valence-electron chi connectivity index (χ4n) is 2.72. The number of hydrogen-bond acceptors (Lipinski definition) is 5. The van der Waals surface area contributed by atoms with E-state index >= 15 is 0 Å². The fraction of sp³-hybridized carbons (Fsp3) is 0.600. The Bertz CT molecular complexity index is 702. The van der Waals surface area contributed by atoms with E-state index in [4.69, 9.17) is 19.9 Å². The van der Waals surface area contributed by atoms with Gasteiger partial charge in [-0.25, -0.2) is 9.79 Å². The van der Waals surface area contributed by atoms with Crippen molar-refractivity contribution in [3.8, 4) is 11.5 Å². The number of ether oxygens (including phenoxy) is 3. The number of amides is 1. The zero-order valence-electron chi connectivity index (χ0n) is 17.8. The van der Waals surface area contributed by atoms with Crippen LogP contribution in [0.1, 0.15) is 39.2 Å². The summed E-state index contributed by atoms with van der Waals surface area (Å²) in [5.41, 5.74) is 6.42. The predicted molar refractivity (Wildman–Crippen MR) is 124 cm³/mol. The van der Waals surface area contributed by atoms with Crippen molar-refractivity contribution >= 4 is 36.0 Å². The molecule has 0 spiro atoms.